The Hall–Kier alpha value is -5.60. The monoisotopic (exact) mass is 664 g/mol. The van der Waals surface area contributed by atoms with Crippen LogP contribution in [0.25, 0.3) is 46.6 Å². The number of benzene rings is 4. The number of para-hydroxylation sites is 1. The van der Waals surface area contributed by atoms with Crippen LogP contribution in [0.3, 0.4) is 0 Å². The van der Waals surface area contributed by atoms with Crippen LogP contribution in [-0.2, 0) is 10.8 Å². The van der Waals surface area contributed by atoms with Crippen molar-refractivity contribution >= 4 is 35.2 Å². The summed E-state index contributed by atoms with van der Waals surface area (Å²) >= 11 is 0. The lowest BCUT2D eigenvalue weighted by molar-refractivity contribution is 0.626. The lowest BCUT2D eigenvalue weighted by atomic mass is 9.74. The average molecular weight is 665 g/mol. The molecule has 0 saturated carbocycles. The van der Waals surface area contributed by atoms with Crippen molar-refractivity contribution in [1.29, 1.82) is 0 Å². The molecule has 51 heavy (non-hydrogen) atoms. The van der Waals surface area contributed by atoms with Crippen LogP contribution in [0.15, 0.2) is 135 Å². The van der Waals surface area contributed by atoms with E-state index in [4.69, 9.17) is 0 Å². The Bertz CT molecular complexity index is 2340. The Labute approximate surface area is 304 Å². The first-order valence-corrected chi connectivity index (χ1v) is 18.0. The minimum atomic E-state index is -0.164. The SMILES string of the molecule is C=C/C=C\c1c(C)c2ccccc2n1-c1ccc(C(C)(C)c2ccc(C(C)(C)c3ccc(-n4c(C=C)c(C)c5c4C=CCC=C5)cc3)cc2)cc1. The fourth-order valence-corrected chi connectivity index (χ4v) is 7.84. The highest BCUT2D eigenvalue weighted by atomic mass is 15.0. The summed E-state index contributed by atoms with van der Waals surface area (Å²) < 4.78 is 4.69. The molecule has 0 aliphatic heterocycles. The number of nitrogens with zero attached hydrogens (tertiary/aromatic N) is 2. The summed E-state index contributed by atoms with van der Waals surface area (Å²) in [6.45, 7) is 21.7. The lowest BCUT2D eigenvalue weighted by Crippen LogP contribution is -2.21. The van der Waals surface area contributed by atoms with Gasteiger partial charge in [0.2, 0.25) is 0 Å². The maximum atomic E-state index is 4.15. The van der Waals surface area contributed by atoms with Gasteiger partial charge in [0.15, 0.2) is 0 Å². The third-order valence-electron chi connectivity index (χ3n) is 11.2. The Balaban J connectivity index is 1.15. The molecular formula is C49H48N2. The molecule has 0 saturated heterocycles. The quantitative estimate of drug-likeness (QED) is 0.136. The van der Waals surface area contributed by atoms with Gasteiger partial charge < -0.3 is 9.13 Å². The van der Waals surface area contributed by atoms with E-state index in [2.05, 4.69) is 191 Å². The second-order valence-corrected chi connectivity index (χ2v) is 14.8. The van der Waals surface area contributed by atoms with Gasteiger partial charge in [-0.2, -0.15) is 0 Å². The molecule has 0 radical (unpaired) electrons. The maximum Gasteiger partial charge on any atom is 0.0537 e. The van der Waals surface area contributed by atoms with Crippen molar-refractivity contribution in [2.75, 3.05) is 0 Å². The molecule has 0 unspecified atom stereocenters. The molecular weight excluding hydrogens is 617 g/mol. The topological polar surface area (TPSA) is 9.86 Å². The van der Waals surface area contributed by atoms with Crippen molar-refractivity contribution in [3.8, 4) is 11.4 Å². The molecule has 0 amide bonds. The minimum absolute atomic E-state index is 0.161. The molecule has 7 rings (SSSR count). The zero-order valence-corrected chi connectivity index (χ0v) is 30.9. The van der Waals surface area contributed by atoms with E-state index < -0.39 is 0 Å². The number of allylic oxidation sites excluding steroid dienone is 4. The van der Waals surface area contributed by atoms with E-state index in [0.717, 1.165) is 23.5 Å². The Morgan fingerprint density at radius 2 is 1.10 bits per heavy atom. The highest BCUT2D eigenvalue weighted by Gasteiger charge is 2.27. The molecule has 2 heteroatoms. The largest absolute Gasteiger partial charge is 0.310 e. The summed E-state index contributed by atoms with van der Waals surface area (Å²) in [5, 5.41) is 1.27. The zero-order valence-electron chi connectivity index (χ0n) is 30.9. The predicted molar refractivity (Wildman–Crippen MR) is 221 cm³/mol. The molecule has 4 aromatic carbocycles. The molecule has 0 fully saturated rings. The first-order chi connectivity index (χ1) is 24.6. The first kappa shape index (κ1) is 33.9. The summed E-state index contributed by atoms with van der Waals surface area (Å²) in [5.74, 6) is 0. The minimum Gasteiger partial charge on any atom is -0.310 e. The van der Waals surface area contributed by atoms with E-state index in [0.29, 0.717) is 0 Å². The third kappa shape index (κ3) is 5.79. The van der Waals surface area contributed by atoms with Gasteiger partial charge >= 0.3 is 0 Å². The molecule has 0 atom stereocenters. The van der Waals surface area contributed by atoms with E-state index in [1.807, 2.05) is 18.2 Å². The number of aryl methyl sites for hydroxylation is 1. The van der Waals surface area contributed by atoms with Gasteiger partial charge in [0.05, 0.1) is 11.2 Å². The van der Waals surface area contributed by atoms with E-state index in [1.54, 1.807) is 0 Å². The van der Waals surface area contributed by atoms with Gasteiger partial charge in [-0.25, -0.2) is 0 Å². The summed E-state index contributed by atoms with van der Waals surface area (Å²) in [4.78, 5) is 0. The second kappa shape index (κ2) is 13.3. The van der Waals surface area contributed by atoms with Crippen molar-refractivity contribution in [3.05, 3.63) is 191 Å². The second-order valence-electron chi connectivity index (χ2n) is 14.8. The zero-order chi connectivity index (χ0) is 35.9. The molecule has 1 aliphatic carbocycles. The Morgan fingerprint density at radius 3 is 1.65 bits per heavy atom. The third-order valence-corrected chi connectivity index (χ3v) is 11.2. The van der Waals surface area contributed by atoms with Crippen LogP contribution >= 0.6 is 0 Å². The van der Waals surface area contributed by atoms with Gasteiger partial charge in [-0.3, -0.25) is 0 Å². The van der Waals surface area contributed by atoms with E-state index in [1.165, 1.54) is 61.2 Å². The Kier molecular flexibility index (Phi) is 8.81. The van der Waals surface area contributed by atoms with E-state index in [-0.39, 0.29) is 10.8 Å². The fraction of sp³-hybridized carbons (Fsp3) is 0.184. The molecule has 1 aliphatic rings. The molecule has 0 spiro atoms. The summed E-state index contributed by atoms with van der Waals surface area (Å²) in [7, 11) is 0. The highest BCUT2D eigenvalue weighted by Crippen LogP contribution is 2.38. The smallest absolute Gasteiger partial charge is 0.0537 e. The van der Waals surface area contributed by atoms with Gasteiger partial charge in [0, 0.05) is 44.5 Å². The molecule has 2 nitrogen and oxygen atoms in total. The molecule has 2 aromatic heterocycles. The number of aromatic nitrogens is 2. The van der Waals surface area contributed by atoms with Crippen LogP contribution in [0.4, 0.5) is 0 Å². The molecule has 254 valence electrons. The maximum absolute atomic E-state index is 4.15. The molecule has 0 N–H and O–H groups in total. The molecule has 2 heterocycles. The first-order valence-electron chi connectivity index (χ1n) is 18.0. The predicted octanol–water partition coefficient (Wildman–Crippen LogP) is 13.0. The van der Waals surface area contributed by atoms with Crippen LogP contribution in [0.5, 0.6) is 0 Å². The van der Waals surface area contributed by atoms with Crippen molar-refractivity contribution in [2.24, 2.45) is 0 Å². The molecule has 0 bridgehead atoms. The van der Waals surface area contributed by atoms with Crippen molar-refractivity contribution in [2.45, 2.75) is 58.8 Å². The van der Waals surface area contributed by atoms with E-state index in [9.17, 15) is 0 Å². The van der Waals surface area contributed by atoms with Crippen molar-refractivity contribution in [1.82, 2.24) is 9.13 Å². The van der Waals surface area contributed by atoms with Gasteiger partial charge in [-0.15, -0.1) is 0 Å². The molecule has 6 aromatic rings. The number of fused-ring (bicyclic) bond motifs is 2. The summed E-state index contributed by atoms with van der Waals surface area (Å²) in [6, 6.07) is 36.1. The van der Waals surface area contributed by atoms with Crippen LogP contribution in [0.2, 0.25) is 0 Å². The van der Waals surface area contributed by atoms with E-state index >= 15 is 0 Å². The van der Waals surface area contributed by atoms with Crippen LogP contribution in [0.1, 0.15) is 90.1 Å². The lowest BCUT2D eigenvalue weighted by Gasteiger charge is -2.30. The number of hydrogen-bond donors (Lipinski definition) is 0. The van der Waals surface area contributed by atoms with Crippen molar-refractivity contribution < 1.29 is 0 Å². The average Bonchev–Trinajstić information content (AvgIpc) is 3.44. The van der Waals surface area contributed by atoms with Gasteiger partial charge in [-0.1, -0.05) is 138 Å². The van der Waals surface area contributed by atoms with Crippen LogP contribution < -0.4 is 0 Å². The van der Waals surface area contributed by atoms with Crippen LogP contribution in [-0.4, -0.2) is 9.13 Å². The normalized spacial score (nSPS) is 13.1. The number of hydrogen-bond acceptors (Lipinski definition) is 0. The standard InChI is InChI=1S/C49H48N2/c1-9-11-19-45-35(4)43-18-15-16-21-47(43)51(45)41-32-28-39(29-33-41)49(7,8)37-24-22-36(23-25-37)48(5,6)38-26-30-40(31-27-38)50-44(10-2)34(3)42-17-13-12-14-20-46(42)50/h9-11,13-33H,1-2,12H2,3-8H3/b19-11-. The van der Waals surface area contributed by atoms with Crippen LogP contribution in [0, 0.1) is 13.8 Å². The van der Waals surface area contributed by atoms with Gasteiger partial charge in [-0.05, 0) is 102 Å². The fourth-order valence-electron chi connectivity index (χ4n) is 7.84. The summed E-state index contributed by atoms with van der Waals surface area (Å²) in [6.07, 6.45) is 17.9. The van der Waals surface area contributed by atoms with Gasteiger partial charge in [0.1, 0.15) is 0 Å². The summed E-state index contributed by atoms with van der Waals surface area (Å²) in [5.41, 5.74) is 15.7. The van der Waals surface area contributed by atoms with Gasteiger partial charge in [0.25, 0.3) is 0 Å². The van der Waals surface area contributed by atoms with Crippen molar-refractivity contribution in [3.63, 3.8) is 0 Å². The highest BCUT2D eigenvalue weighted by molar-refractivity contribution is 5.90. The Morgan fingerprint density at radius 1 is 0.588 bits per heavy atom. The number of rotatable bonds is 9.